The molecular formula is C30H30FN9O2. The average molecular weight is 568 g/mol. The van der Waals surface area contributed by atoms with E-state index >= 15 is 4.39 Å². The molecule has 1 aromatic carbocycles. The van der Waals surface area contributed by atoms with Crippen LogP contribution in [-0.2, 0) is 4.79 Å². The van der Waals surface area contributed by atoms with Crippen LogP contribution in [0.25, 0.3) is 16.7 Å². The van der Waals surface area contributed by atoms with E-state index in [1.54, 1.807) is 41.9 Å². The fraction of sp³-hybridized carbons (Fsp3) is 0.267. The van der Waals surface area contributed by atoms with E-state index in [0.717, 1.165) is 5.82 Å². The van der Waals surface area contributed by atoms with Crippen LogP contribution in [0.2, 0.25) is 0 Å². The number of ether oxygens (including phenoxy) is 1. The van der Waals surface area contributed by atoms with E-state index in [0.29, 0.717) is 59.2 Å². The Morgan fingerprint density at radius 1 is 1.14 bits per heavy atom. The van der Waals surface area contributed by atoms with Gasteiger partial charge in [-0.1, -0.05) is 20.4 Å². The highest BCUT2D eigenvalue weighted by Gasteiger charge is 2.32. The van der Waals surface area contributed by atoms with Gasteiger partial charge in [0.05, 0.1) is 17.2 Å². The fourth-order valence-electron chi connectivity index (χ4n) is 5.17. The van der Waals surface area contributed by atoms with Gasteiger partial charge in [-0.05, 0) is 49.2 Å². The lowest BCUT2D eigenvalue weighted by atomic mass is 9.99. The number of halogens is 1. The normalized spacial score (nSPS) is 15.4. The summed E-state index contributed by atoms with van der Waals surface area (Å²) in [6.07, 6.45) is 5.97. The minimum atomic E-state index is -0.471. The molecule has 0 aliphatic carbocycles. The summed E-state index contributed by atoms with van der Waals surface area (Å²) >= 11 is 0. The predicted octanol–water partition coefficient (Wildman–Crippen LogP) is 4.91. The monoisotopic (exact) mass is 567 g/mol. The van der Waals surface area contributed by atoms with Crippen LogP contribution in [0.15, 0.2) is 67.9 Å². The number of hydrogen-bond acceptors (Lipinski definition) is 9. The second kappa shape index (κ2) is 11.0. The van der Waals surface area contributed by atoms with Crippen LogP contribution in [-0.4, -0.2) is 66.0 Å². The summed E-state index contributed by atoms with van der Waals surface area (Å²) in [7, 11) is 0. The Hall–Kier alpha value is -5.13. The van der Waals surface area contributed by atoms with Gasteiger partial charge in [0.1, 0.15) is 35.5 Å². The van der Waals surface area contributed by atoms with Crippen molar-refractivity contribution in [1.82, 2.24) is 34.4 Å². The summed E-state index contributed by atoms with van der Waals surface area (Å²) in [5, 5.41) is 7.18. The number of anilines is 3. The molecule has 5 aromatic rings. The Morgan fingerprint density at radius 3 is 2.81 bits per heavy atom. The van der Waals surface area contributed by atoms with Crippen LogP contribution in [0.5, 0.6) is 11.5 Å². The van der Waals surface area contributed by atoms with Crippen molar-refractivity contribution in [3.8, 4) is 11.5 Å². The summed E-state index contributed by atoms with van der Waals surface area (Å²) < 4.78 is 23.2. The van der Waals surface area contributed by atoms with Crippen molar-refractivity contribution in [2.24, 2.45) is 5.92 Å². The van der Waals surface area contributed by atoms with Gasteiger partial charge < -0.3 is 19.9 Å². The molecule has 214 valence electrons. The number of nitrogens with zero attached hydrogens (tertiary/aromatic N) is 8. The van der Waals surface area contributed by atoms with Gasteiger partial charge in [0, 0.05) is 37.5 Å². The maximum absolute atomic E-state index is 15.6. The second-order valence-electron chi connectivity index (χ2n) is 10.5. The summed E-state index contributed by atoms with van der Waals surface area (Å²) in [6.45, 7) is 11.3. The molecule has 0 bridgehead atoms. The number of rotatable bonds is 7. The first-order valence-corrected chi connectivity index (χ1v) is 13.7. The summed E-state index contributed by atoms with van der Waals surface area (Å²) in [5.41, 5.74) is 2.33. The molecule has 1 amide bonds. The lowest BCUT2D eigenvalue weighted by molar-refractivity contribution is -0.129. The highest BCUT2D eigenvalue weighted by molar-refractivity contribution is 5.89. The molecule has 0 unspecified atom stereocenters. The zero-order valence-corrected chi connectivity index (χ0v) is 23.5. The molecule has 1 aliphatic rings. The van der Waals surface area contributed by atoms with E-state index < -0.39 is 5.82 Å². The van der Waals surface area contributed by atoms with Crippen molar-refractivity contribution >= 4 is 39.9 Å². The van der Waals surface area contributed by atoms with Crippen LogP contribution in [0.3, 0.4) is 0 Å². The van der Waals surface area contributed by atoms with E-state index in [1.165, 1.54) is 18.7 Å². The molecule has 4 aromatic heterocycles. The van der Waals surface area contributed by atoms with Crippen LogP contribution in [0.4, 0.5) is 21.7 Å². The van der Waals surface area contributed by atoms with Crippen molar-refractivity contribution in [2.45, 2.75) is 26.8 Å². The number of hydrogen-bond donors (Lipinski definition) is 1. The summed E-state index contributed by atoms with van der Waals surface area (Å²) in [6, 6.07) is 10.6. The third kappa shape index (κ3) is 5.06. The Balaban J connectivity index is 1.26. The molecule has 11 nitrogen and oxygen atoms in total. The number of pyridine rings is 2. The fourth-order valence-corrected chi connectivity index (χ4v) is 5.17. The number of piperazine rings is 1. The lowest BCUT2D eigenvalue weighted by Crippen LogP contribution is -2.57. The van der Waals surface area contributed by atoms with Gasteiger partial charge in [-0.25, -0.2) is 28.8 Å². The molecule has 1 aliphatic heterocycles. The molecule has 0 spiro atoms. The van der Waals surface area contributed by atoms with E-state index in [2.05, 4.69) is 50.7 Å². The van der Waals surface area contributed by atoms with Crippen molar-refractivity contribution < 1.29 is 13.9 Å². The van der Waals surface area contributed by atoms with Crippen LogP contribution in [0, 0.1) is 18.7 Å². The van der Waals surface area contributed by atoms with Gasteiger partial charge >= 0.3 is 0 Å². The van der Waals surface area contributed by atoms with Gasteiger partial charge in [-0.15, -0.1) is 0 Å². The van der Waals surface area contributed by atoms with Gasteiger partial charge in [-0.2, -0.15) is 5.10 Å². The third-order valence-corrected chi connectivity index (χ3v) is 7.51. The highest BCUT2D eigenvalue weighted by Crippen LogP contribution is 2.33. The maximum Gasteiger partial charge on any atom is 0.246 e. The van der Waals surface area contributed by atoms with Gasteiger partial charge in [0.25, 0.3) is 0 Å². The van der Waals surface area contributed by atoms with Gasteiger partial charge in [0.2, 0.25) is 5.91 Å². The standard InChI is InChI=1S/C30H30FN9O2/c1-5-27(41)39-13-12-38(15-23(39)18(2)3)25-9-7-22-29(37-25)30(34-16-32-22)36-21-6-8-24(19(4)28(21)31)42-20-10-11-40-26(14-20)33-17-35-40/h5-11,14,16-18,23H,1,12-13,15H2,2-4H3,(H,32,34,36)/t23-/m1/s1. The summed E-state index contributed by atoms with van der Waals surface area (Å²) in [5.74, 6) is 1.73. The zero-order valence-electron chi connectivity index (χ0n) is 23.5. The average Bonchev–Trinajstić information content (AvgIpc) is 3.48. The number of nitrogens with one attached hydrogen (secondary N) is 1. The molecule has 12 heteroatoms. The topological polar surface area (TPSA) is 114 Å². The first-order valence-electron chi connectivity index (χ1n) is 13.7. The van der Waals surface area contributed by atoms with Gasteiger partial charge in [0.15, 0.2) is 17.3 Å². The molecule has 1 atom stereocenters. The number of aromatic nitrogens is 6. The van der Waals surface area contributed by atoms with E-state index in [1.807, 2.05) is 17.0 Å². The third-order valence-electron chi connectivity index (χ3n) is 7.51. The minimum absolute atomic E-state index is 0.0162. The molecule has 0 radical (unpaired) electrons. The van der Waals surface area contributed by atoms with Crippen molar-refractivity contribution in [3.05, 3.63) is 79.3 Å². The maximum atomic E-state index is 15.6. The first-order chi connectivity index (χ1) is 20.3. The Bertz CT molecular complexity index is 1810. The SMILES string of the molecule is C=CC(=O)N1CCN(c2ccc3ncnc(Nc4ccc(Oc5ccn6ncnc6c5)c(C)c4F)c3n2)C[C@@H]1C(C)C. The van der Waals surface area contributed by atoms with Crippen LogP contribution in [0.1, 0.15) is 19.4 Å². The molecule has 1 N–H and O–H groups in total. The Labute approximate surface area is 241 Å². The van der Waals surface area contributed by atoms with E-state index in [-0.39, 0.29) is 23.6 Å². The molecule has 1 fully saturated rings. The van der Waals surface area contributed by atoms with Crippen molar-refractivity contribution in [3.63, 3.8) is 0 Å². The van der Waals surface area contributed by atoms with Crippen LogP contribution < -0.4 is 15.0 Å². The lowest BCUT2D eigenvalue weighted by Gasteiger charge is -2.43. The molecule has 1 saturated heterocycles. The molecule has 42 heavy (non-hydrogen) atoms. The van der Waals surface area contributed by atoms with Crippen molar-refractivity contribution in [1.29, 1.82) is 0 Å². The number of carbonyl (C=O) groups excluding carboxylic acids is 1. The zero-order chi connectivity index (χ0) is 29.4. The molecular weight excluding hydrogens is 537 g/mol. The number of carbonyl (C=O) groups is 1. The second-order valence-corrected chi connectivity index (χ2v) is 10.5. The van der Waals surface area contributed by atoms with E-state index in [4.69, 9.17) is 9.72 Å². The molecule has 6 rings (SSSR count). The molecule has 0 saturated carbocycles. The number of benzene rings is 1. The Morgan fingerprint density at radius 2 is 2.00 bits per heavy atom. The molecule has 5 heterocycles. The number of fused-ring (bicyclic) bond motifs is 2. The number of amides is 1. The van der Waals surface area contributed by atoms with Gasteiger partial charge in [-0.3, -0.25) is 4.79 Å². The minimum Gasteiger partial charge on any atom is -0.457 e. The predicted molar refractivity (Wildman–Crippen MR) is 158 cm³/mol. The van der Waals surface area contributed by atoms with Crippen LogP contribution >= 0.6 is 0 Å². The first kappa shape index (κ1) is 27.1. The van der Waals surface area contributed by atoms with E-state index in [9.17, 15) is 4.79 Å². The largest absolute Gasteiger partial charge is 0.457 e. The quantitative estimate of drug-likeness (QED) is 0.274. The highest BCUT2D eigenvalue weighted by atomic mass is 19.1. The Kier molecular flexibility index (Phi) is 7.11. The smallest absolute Gasteiger partial charge is 0.246 e. The van der Waals surface area contributed by atoms with Crippen molar-refractivity contribution in [2.75, 3.05) is 29.9 Å². The summed E-state index contributed by atoms with van der Waals surface area (Å²) in [4.78, 5) is 34.2.